The Kier molecular flexibility index (Phi) is 5.06. The molecule has 0 spiro atoms. The molecule has 0 unspecified atom stereocenters. The van der Waals surface area contributed by atoms with Crippen LogP contribution in [0.2, 0.25) is 0 Å². The molecule has 0 bridgehead atoms. The van der Waals surface area contributed by atoms with Crippen LogP contribution in [0, 0.1) is 11.7 Å². The Labute approximate surface area is 131 Å². The van der Waals surface area contributed by atoms with Gasteiger partial charge < -0.3 is 15.4 Å². The zero-order valence-electron chi connectivity index (χ0n) is 13.5. The van der Waals surface area contributed by atoms with Gasteiger partial charge in [0, 0.05) is 19.1 Å². The second-order valence-electron chi connectivity index (χ2n) is 6.88. The number of nitrogens with zero attached hydrogens (tertiary/aromatic N) is 1. The fourth-order valence-electron chi connectivity index (χ4n) is 2.72. The Morgan fingerprint density at radius 1 is 1.27 bits per heavy atom. The minimum atomic E-state index is -0.474. The summed E-state index contributed by atoms with van der Waals surface area (Å²) in [5.41, 5.74) is 6.75. The summed E-state index contributed by atoms with van der Waals surface area (Å²) in [6.45, 7) is 6.88. The topological polar surface area (TPSA) is 55.6 Å². The predicted molar refractivity (Wildman–Crippen MR) is 83.9 cm³/mol. The Balaban J connectivity index is 1.89. The van der Waals surface area contributed by atoms with Gasteiger partial charge in [-0.2, -0.15) is 0 Å². The Hall–Kier alpha value is -1.62. The van der Waals surface area contributed by atoms with E-state index < -0.39 is 5.60 Å². The van der Waals surface area contributed by atoms with E-state index in [4.69, 9.17) is 10.5 Å². The highest BCUT2D eigenvalue weighted by atomic mass is 19.1. The van der Waals surface area contributed by atoms with Crippen molar-refractivity contribution < 1.29 is 13.9 Å². The number of rotatable bonds is 2. The summed E-state index contributed by atoms with van der Waals surface area (Å²) >= 11 is 0. The average molecular weight is 308 g/mol. The van der Waals surface area contributed by atoms with Crippen LogP contribution in [0.25, 0.3) is 0 Å². The third-order valence-corrected chi connectivity index (χ3v) is 3.95. The zero-order valence-corrected chi connectivity index (χ0v) is 13.5. The summed E-state index contributed by atoms with van der Waals surface area (Å²) in [6, 6.07) is 6.22. The van der Waals surface area contributed by atoms with Crippen LogP contribution in [-0.2, 0) is 4.74 Å². The molecule has 1 aliphatic rings. The highest BCUT2D eigenvalue weighted by molar-refractivity contribution is 5.68. The third-order valence-electron chi connectivity index (χ3n) is 3.95. The molecule has 1 aromatic rings. The van der Waals surface area contributed by atoms with E-state index >= 15 is 0 Å². The molecule has 2 N–H and O–H groups in total. The lowest BCUT2D eigenvalue weighted by Gasteiger charge is -2.35. The lowest BCUT2D eigenvalue weighted by atomic mass is 9.86. The van der Waals surface area contributed by atoms with Gasteiger partial charge in [-0.05, 0) is 57.2 Å². The van der Waals surface area contributed by atoms with E-state index in [1.54, 1.807) is 17.0 Å². The number of carbonyl (C=O) groups is 1. The molecule has 0 saturated carbocycles. The maximum atomic E-state index is 13.0. The molecule has 1 saturated heterocycles. The summed E-state index contributed by atoms with van der Waals surface area (Å²) in [5.74, 6) is 0.0415. The third kappa shape index (κ3) is 4.44. The van der Waals surface area contributed by atoms with Crippen molar-refractivity contribution in [3.05, 3.63) is 35.6 Å². The maximum absolute atomic E-state index is 13.0. The molecule has 2 rings (SSSR count). The molecule has 0 aliphatic carbocycles. The predicted octanol–water partition coefficient (Wildman–Crippen LogP) is 3.47. The lowest BCUT2D eigenvalue weighted by Crippen LogP contribution is -2.43. The van der Waals surface area contributed by atoms with Crippen LogP contribution in [-0.4, -0.2) is 29.7 Å². The number of likely N-dealkylation sites (tertiary alicyclic amines) is 1. The molecule has 1 atom stereocenters. The number of amides is 1. The molecule has 1 amide bonds. The first kappa shape index (κ1) is 16.7. The molecule has 122 valence electrons. The van der Waals surface area contributed by atoms with Gasteiger partial charge in [0.1, 0.15) is 11.4 Å². The molecule has 5 heteroatoms. The summed E-state index contributed by atoms with van der Waals surface area (Å²) in [4.78, 5) is 13.8. The second-order valence-corrected chi connectivity index (χ2v) is 6.88. The fraction of sp³-hybridized carbons (Fsp3) is 0.588. The summed E-state index contributed by atoms with van der Waals surface area (Å²) in [7, 11) is 0. The van der Waals surface area contributed by atoms with Crippen molar-refractivity contribution in [2.75, 3.05) is 13.1 Å². The summed E-state index contributed by atoms with van der Waals surface area (Å²) in [6.07, 6.45) is 1.40. The number of halogens is 1. The largest absolute Gasteiger partial charge is 0.444 e. The van der Waals surface area contributed by atoms with E-state index in [1.807, 2.05) is 20.8 Å². The minimum absolute atomic E-state index is 0.124. The van der Waals surface area contributed by atoms with E-state index in [1.165, 1.54) is 12.1 Å². The molecular formula is C17H25FN2O2. The van der Waals surface area contributed by atoms with Crippen LogP contribution in [0.1, 0.15) is 45.2 Å². The standard InChI is InChI=1S/C17H25FN2O2/c1-17(2,3)22-16(21)20-10-8-13(9-11-20)15(19)12-4-6-14(18)7-5-12/h4-7,13,15H,8-11,19H2,1-3H3/t15-/m0/s1. The molecule has 0 radical (unpaired) electrons. The normalized spacial score (nSPS) is 18.1. The monoisotopic (exact) mass is 308 g/mol. The van der Waals surface area contributed by atoms with E-state index in [9.17, 15) is 9.18 Å². The number of hydrogen-bond donors (Lipinski definition) is 1. The number of benzene rings is 1. The quantitative estimate of drug-likeness (QED) is 0.910. The number of ether oxygens (including phenoxy) is 1. The van der Waals surface area contributed by atoms with Gasteiger partial charge in [-0.25, -0.2) is 9.18 Å². The van der Waals surface area contributed by atoms with Crippen molar-refractivity contribution >= 4 is 6.09 Å². The van der Waals surface area contributed by atoms with Gasteiger partial charge in [-0.1, -0.05) is 12.1 Å². The van der Waals surface area contributed by atoms with E-state index in [0.717, 1.165) is 18.4 Å². The van der Waals surface area contributed by atoms with E-state index in [-0.39, 0.29) is 18.0 Å². The smallest absolute Gasteiger partial charge is 0.410 e. The molecule has 4 nitrogen and oxygen atoms in total. The van der Waals surface area contributed by atoms with Crippen LogP contribution >= 0.6 is 0 Å². The van der Waals surface area contributed by atoms with Crippen molar-refractivity contribution in [3.8, 4) is 0 Å². The van der Waals surface area contributed by atoms with Crippen molar-refractivity contribution in [1.29, 1.82) is 0 Å². The maximum Gasteiger partial charge on any atom is 0.410 e. The number of nitrogens with two attached hydrogens (primary N) is 1. The molecule has 1 aromatic carbocycles. The van der Waals surface area contributed by atoms with Crippen molar-refractivity contribution in [2.24, 2.45) is 11.7 Å². The molecule has 1 heterocycles. The fourth-order valence-corrected chi connectivity index (χ4v) is 2.72. The summed E-state index contributed by atoms with van der Waals surface area (Å²) < 4.78 is 18.4. The first-order valence-corrected chi connectivity index (χ1v) is 7.75. The van der Waals surface area contributed by atoms with Gasteiger partial charge in [0.25, 0.3) is 0 Å². The molecular weight excluding hydrogens is 283 g/mol. The molecule has 0 aromatic heterocycles. The van der Waals surface area contributed by atoms with E-state index in [0.29, 0.717) is 19.0 Å². The average Bonchev–Trinajstić information content (AvgIpc) is 2.46. The van der Waals surface area contributed by atoms with Crippen LogP contribution < -0.4 is 5.73 Å². The number of hydrogen-bond acceptors (Lipinski definition) is 3. The molecule has 1 fully saturated rings. The summed E-state index contributed by atoms with van der Waals surface area (Å²) in [5, 5.41) is 0. The Morgan fingerprint density at radius 3 is 2.32 bits per heavy atom. The van der Waals surface area contributed by atoms with Crippen LogP contribution in [0.5, 0.6) is 0 Å². The van der Waals surface area contributed by atoms with Gasteiger partial charge in [-0.15, -0.1) is 0 Å². The highest BCUT2D eigenvalue weighted by Gasteiger charge is 2.29. The number of carbonyl (C=O) groups excluding carboxylic acids is 1. The van der Waals surface area contributed by atoms with Gasteiger partial charge in [0.05, 0.1) is 0 Å². The first-order chi connectivity index (χ1) is 10.3. The van der Waals surface area contributed by atoms with Crippen molar-refractivity contribution in [1.82, 2.24) is 4.90 Å². The second kappa shape index (κ2) is 6.65. The van der Waals surface area contributed by atoms with Crippen molar-refractivity contribution in [3.63, 3.8) is 0 Å². The molecule has 1 aliphatic heterocycles. The van der Waals surface area contributed by atoms with Gasteiger partial charge in [0.15, 0.2) is 0 Å². The zero-order chi connectivity index (χ0) is 16.3. The van der Waals surface area contributed by atoms with Crippen LogP contribution in [0.4, 0.5) is 9.18 Å². The molecule has 22 heavy (non-hydrogen) atoms. The Morgan fingerprint density at radius 2 is 1.82 bits per heavy atom. The first-order valence-electron chi connectivity index (χ1n) is 7.75. The minimum Gasteiger partial charge on any atom is -0.444 e. The highest BCUT2D eigenvalue weighted by Crippen LogP contribution is 2.29. The van der Waals surface area contributed by atoms with Crippen molar-refractivity contribution in [2.45, 2.75) is 45.3 Å². The van der Waals surface area contributed by atoms with Gasteiger partial charge in [-0.3, -0.25) is 0 Å². The van der Waals surface area contributed by atoms with Crippen LogP contribution in [0.3, 0.4) is 0 Å². The van der Waals surface area contributed by atoms with Crippen LogP contribution in [0.15, 0.2) is 24.3 Å². The Bertz CT molecular complexity index is 502. The van der Waals surface area contributed by atoms with Gasteiger partial charge >= 0.3 is 6.09 Å². The SMILES string of the molecule is CC(C)(C)OC(=O)N1CCC([C@@H](N)c2ccc(F)cc2)CC1. The van der Waals surface area contributed by atoms with E-state index in [2.05, 4.69) is 0 Å². The number of piperidine rings is 1. The van der Waals surface area contributed by atoms with Gasteiger partial charge in [0.2, 0.25) is 0 Å². The lowest BCUT2D eigenvalue weighted by molar-refractivity contribution is 0.0174.